The number of hydrogen-bond donors (Lipinski definition) is 0. The van der Waals surface area contributed by atoms with Crippen LogP contribution in [0, 0.1) is 0 Å². The van der Waals surface area contributed by atoms with Gasteiger partial charge in [0.15, 0.2) is 0 Å². The van der Waals surface area contributed by atoms with E-state index in [2.05, 4.69) is 13.5 Å². The first-order valence-corrected chi connectivity index (χ1v) is 5.24. The molecule has 0 bridgehead atoms. The van der Waals surface area contributed by atoms with Gasteiger partial charge in [0.2, 0.25) is 0 Å². The molecule has 0 aliphatic carbocycles. The van der Waals surface area contributed by atoms with Gasteiger partial charge in [-0.2, -0.15) is 0 Å². The van der Waals surface area contributed by atoms with Crippen LogP contribution in [0.2, 0.25) is 5.28 Å². The second kappa shape index (κ2) is 13.1. The van der Waals surface area contributed by atoms with E-state index in [1.54, 1.807) is 0 Å². The summed E-state index contributed by atoms with van der Waals surface area (Å²) in [5, 5.41) is 1.06. The first kappa shape index (κ1) is 14.1. The number of halogens is 1. The van der Waals surface area contributed by atoms with Gasteiger partial charge in [0, 0.05) is 0 Å². The van der Waals surface area contributed by atoms with Crippen molar-refractivity contribution in [2.45, 2.75) is 31.5 Å². The molecule has 0 aliphatic rings. The molecule has 0 spiro atoms. The van der Waals surface area contributed by atoms with E-state index < -0.39 is 0 Å². The molecule has 0 fully saturated rings. The Bertz CT molecular complexity index is 78.5. The van der Waals surface area contributed by atoms with Gasteiger partial charge >= 0.3 is 70.1 Å². The molecule has 1 nitrogen and oxygen atoms in total. The van der Waals surface area contributed by atoms with Crippen molar-refractivity contribution in [3.8, 4) is 0 Å². The van der Waals surface area contributed by atoms with Gasteiger partial charge < -0.3 is 12.4 Å². The van der Waals surface area contributed by atoms with Crippen LogP contribution in [0.4, 0.5) is 0 Å². The van der Waals surface area contributed by atoms with E-state index in [9.17, 15) is 0 Å². The van der Waals surface area contributed by atoms with Crippen molar-refractivity contribution >= 4 is 15.6 Å². The summed E-state index contributed by atoms with van der Waals surface area (Å²) in [7, 11) is 0. The third-order valence-electron chi connectivity index (χ3n) is 1.25. The average Bonchev–Trinajstić information content (AvgIpc) is 1.97. The van der Waals surface area contributed by atoms with Crippen molar-refractivity contribution in [2.24, 2.45) is 0 Å². The molecule has 0 saturated heterocycles. The van der Waals surface area contributed by atoms with E-state index in [0.717, 1.165) is 11.9 Å². The molecule has 0 N–H and O–H groups in total. The summed E-state index contributed by atoms with van der Waals surface area (Å²) in [6.07, 6.45) is 5.73. The molecule has 0 aromatic rings. The molecular formula is C8H16AlClO. The monoisotopic (exact) mass is 190 g/mol. The molecule has 0 aromatic carbocycles. The van der Waals surface area contributed by atoms with Crippen LogP contribution in [-0.4, -0.2) is 22.2 Å². The zero-order valence-corrected chi connectivity index (χ0v) is 9.09. The Kier molecular flexibility index (Phi) is 16.8. The molecule has 0 heterocycles. The Morgan fingerprint density at radius 3 is 2.73 bits per heavy atom. The van der Waals surface area contributed by atoms with Crippen LogP contribution in [0.1, 0.15) is 26.2 Å². The van der Waals surface area contributed by atoms with Crippen molar-refractivity contribution in [1.82, 2.24) is 0 Å². The first-order valence-electron chi connectivity index (χ1n) is 3.96. The van der Waals surface area contributed by atoms with Crippen LogP contribution in [-0.2, 0) is 3.79 Å². The largest absolute Gasteiger partial charge is 1.00 e. The summed E-state index contributed by atoms with van der Waals surface area (Å²) in [6.45, 7) is 6.80. The second-order valence-electron chi connectivity index (χ2n) is 2.27. The quantitative estimate of drug-likeness (QED) is 0.297. The molecule has 64 valence electrons. The molecule has 0 radical (unpaired) electrons. The van der Waals surface area contributed by atoms with E-state index in [1.807, 2.05) is 6.08 Å². The van der Waals surface area contributed by atoms with Gasteiger partial charge in [0.1, 0.15) is 0 Å². The molecule has 11 heavy (non-hydrogen) atoms. The van der Waals surface area contributed by atoms with E-state index in [1.165, 1.54) is 19.3 Å². The molecule has 0 saturated carbocycles. The third-order valence-corrected chi connectivity index (χ3v) is 2.24. The maximum Gasteiger partial charge on any atom is -1.00 e. The van der Waals surface area contributed by atoms with Crippen LogP contribution >= 0.6 is 0 Å². The summed E-state index contributed by atoms with van der Waals surface area (Å²) in [4.78, 5) is 0. The van der Waals surface area contributed by atoms with Crippen LogP contribution in [0.5, 0.6) is 0 Å². The molecule has 0 aliphatic heterocycles. The van der Waals surface area contributed by atoms with Gasteiger partial charge in [-0.15, -0.1) is 0 Å². The fourth-order valence-corrected chi connectivity index (χ4v) is 1.26. The minimum Gasteiger partial charge on any atom is -1.00 e. The Morgan fingerprint density at radius 1 is 1.45 bits per heavy atom. The van der Waals surface area contributed by atoms with Gasteiger partial charge in [-0.05, 0) is 0 Å². The maximum absolute atomic E-state index is 5.39. The van der Waals surface area contributed by atoms with E-state index in [0.29, 0.717) is 0 Å². The summed E-state index contributed by atoms with van der Waals surface area (Å²) >= 11 is 0.195. The maximum atomic E-state index is 5.39. The minimum atomic E-state index is 0. The fraction of sp³-hybridized carbons (Fsp3) is 0.750. The van der Waals surface area contributed by atoms with Crippen molar-refractivity contribution in [2.75, 3.05) is 6.61 Å². The Labute approximate surface area is 82.7 Å². The molecular weight excluding hydrogens is 175 g/mol. The molecule has 3 heteroatoms. The number of rotatable bonds is 7. The smallest absolute Gasteiger partial charge is 1.00 e. The Morgan fingerprint density at radius 2 is 2.18 bits per heavy atom. The number of unbranched alkanes of at least 4 members (excludes halogenated alkanes) is 2. The molecule has 0 rings (SSSR count). The topological polar surface area (TPSA) is 9.23 Å². The first-order chi connectivity index (χ1) is 4.91. The van der Waals surface area contributed by atoms with Crippen LogP contribution in [0.15, 0.2) is 12.7 Å². The van der Waals surface area contributed by atoms with Crippen LogP contribution in [0.25, 0.3) is 0 Å². The Balaban J connectivity index is 0. The SMILES string of the molecule is C=C[CH2][Al+][O]CCCCC.[Cl-]. The summed E-state index contributed by atoms with van der Waals surface area (Å²) in [5.74, 6) is 0. The number of hydrogen-bond acceptors (Lipinski definition) is 1. The zero-order valence-electron chi connectivity index (χ0n) is 7.18. The zero-order chi connectivity index (χ0) is 7.66. The predicted octanol–water partition coefficient (Wildman–Crippen LogP) is -0.579. The standard InChI is InChI=1S/C5H11O.C3H5.Al.ClH/c1-2-3-4-5-6;1-3-2;;/h2-5H2,1H3;3H,1-2H2;;1H/q-1;;+2;/p-1. The summed E-state index contributed by atoms with van der Waals surface area (Å²) in [5.41, 5.74) is 0. The summed E-state index contributed by atoms with van der Waals surface area (Å²) < 4.78 is 5.39. The van der Waals surface area contributed by atoms with Gasteiger partial charge in [0.25, 0.3) is 0 Å². The van der Waals surface area contributed by atoms with Crippen molar-refractivity contribution < 1.29 is 16.2 Å². The molecule has 0 amide bonds. The van der Waals surface area contributed by atoms with Crippen molar-refractivity contribution in [3.05, 3.63) is 12.7 Å². The Hall–Kier alpha value is 0.522. The van der Waals surface area contributed by atoms with E-state index in [-0.39, 0.29) is 28.0 Å². The van der Waals surface area contributed by atoms with Gasteiger partial charge in [-0.25, -0.2) is 0 Å². The van der Waals surface area contributed by atoms with Crippen molar-refractivity contribution in [3.63, 3.8) is 0 Å². The van der Waals surface area contributed by atoms with Crippen molar-refractivity contribution in [1.29, 1.82) is 0 Å². The molecule has 0 unspecified atom stereocenters. The van der Waals surface area contributed by atoms with E-state index in [4.69, 9.17) is 3.79 Å². The number of allylic oxidation sites excluding steroid dienone is 1. The van der Waals surface area contributed by atoms with Crippen LogP contribution < -0.4 is 12.4 Å². The summed E-state index contributed by atoms with van der Waals surface area (Å²) in [6, 6.07) is 0. The van der Waals surface area contributed by atoms with Gasteiger partial charge in [-0.3, -0.25) is 0 Å². The predicted molar refractivity (Wildman–Crippen MR) is 46.2 cm³/mol. The van der Waals surface area contributed by atoms with E-state index >= 15 is 0 Å². The van der Waals surface area contributed by atoms with Gasteiger partial charge in [-0.1, -0.05) is 0 Å². The van der Waals surface area contributed by atoms with Gasteiger partial charge in [0.05, 0.1) is 0 Å². The molecule has 0 aromatic heterocycles. The van der Waals surface area contributed by atoms with Crippen LogP contribution in [0.3, 0.4) is 0 Å². The fourth-order valence-electron chi connectivity index (χ4n) is 0.655. The normalized spacial score (nSPS) is 8.09. The minimum absolute atomic E-state index is 0. The third kappa shape index (κ3) is 13.5. The second-order valence-corrected chi connectivity index (χ2v) is 3.41. The molecule has 0 atom stereocenters. The average molecular weight is 191 g/mol.